The molecule has 0 saturated carbocycles. The van der Waals surface area contributed by atoms with Crippen molar-refractivity contribution in [2.45, 2.75) is 39.5 Å². The summed E-state index contributed by atoms with van der Waals surface area (Å²) < 4.78 is 11.8. The molecular weight excluding hydrogens is 444 g/mol. The first-order valence-electron chi connectivity index (χ1n) is 12.2. The maximum Gasteiger partial charge on any atom is 0.308 e. The highest BCUT2D eigenvalue weighted by Crippen LogP contribution is 2.29. The van der Waals surface area contributed by atoms with Crippen LogP contribution in [0.3, 0.4) is 0 Å². The summed E-state index contributed by atoms with van der Waals surface area (Å²) >= 11 is 0. The Kier molecular flexibility index (Phi) is 7.85. The van der Waals surface area contributed by atoms with Crippen molar-refractivity contribution in [3.8, 4) is 17.2 Å². The van der Waals surface area contributed by atoms with Gasteiger partial charge in [-0.1, -0.05) is 37.3 Å². The number of amides is 1. The van der Waals surface area contributed by atoms with Gasteiger partial charge in [0.1, 0.15) is 11.5 Å². The molecule has 0 spiro atoms. The molecule has 7 heteroatoms. The Labute approximate surface area is 205 Å². The number of carbonyl (C=O) groups excluding carboxylic acids is 1. The largest absolute Gasteiger partial charge is 0.493 e. The Morgan fingerprint density at radius 1 is 1.14 bits per heavy atom. The molecule has 1 saturated heterocycles. The smallest absolute Gasteiger partial charge is 0.308 e. The fourth-order valence-electron chi connectivity index (χ4n) is 4.63. The van der Waals surface area contributed by atoms with Crippen LogP contribution in [0.5, 0.6) is 5.75 Å². The van der Waals surface area contributed by atoms with E-state index in [-0.39, 0.29) is 18.4 Å². The molecule has 2 heterocycles. The van der Waals surface area contributed by atoms with Crippen molar-refractivity contribution in [2.75, 3.05) is 19.7 Å². The van der Waals surface area contributed by atoms with Crippen LogP contribution in [0.2, 0.25) is 0 Å². The van der Waals surface area contributed by atoms with Gasteiger partial charge in [-0.25, -0.2) is 4.98 Å². The molecule has 7 nitrogen and oxygen atoms in total. The molecule has 1 aromatic heterocycles. The average molecular weight is 477 g/mol. The van der Waals surface area contributed by atoms with Gasteiger partial charge in [0.15, 0.2) is 0 Å². The van der Waals surface area contributed by atoms with Crippen molar-refractivity contribution < 1.29 is 23.8 Å². The highest BCUT2D eigenvalue weighted by molar-refractivity contribution is 5.79. The zero-order valence-electron chi connectivity index (χ0n) is 20.3. The van der Waals surface area contributed by atoms with Crippen molar-refractivity contribution in [3.05, 3.63) is 71.6 Å². The van der Waals surface area contributed by atoms with E-state index in [1.165, 1.54) is 0 Å². The maximum atomic E-state index is 12.3. The minimum atomic E-state index is -0.841. The summed E-state index contributed by atoms with van der Waals surface area (Å²) in [5.74, 6) is 0.659. The third-order valence-corrected chi connectivity index (χ3v) is 6.49. The standard InChI is InChI=1S/C28H32N2O5/c1-3-8-26(31)30-17-22(24(18-30)28(32)33)15-20-9-7-12-23(16-20)34-14-13-25-19(2)35-27(29-25)21-10-5-4-6-11-21/h4-7,9-12,16,22,24H,3,8,13-15,17-18H2,1-2H3,(H,32,33)/t22-,24+/m1/s1. The lowest BCUT2D eigenvalue weighted by Gasteiger charge is -2.16. The molecule has 184 valence electrons. The molecule has 1 aliphatic heterocycles. The summed E-state index contributed by atoms with van der Waals surface area (Å²) in [6.45, 7) is 5.08. The molecular formula is C28H32N2O5. The van der Waals surface area contributed by atoms with Crippen LogP contribution in [0, 0.1) is 18.8 Å². The number of hydrogen-bond acceptors (Lipinski definition) is 5. The minimum Gasteiger partial charge on any atom is -0.493 e. The average Bonchev–Trinajstić information content (AvgIpc) is 3.44. The van der Waals surface area contributed by atoms with Gasteiger partial charge in [-0.05, 0) is 55.5 Å². The van der Waals surface area contributed by atoms with E-state index in [9.17, 15) is 14.7 Å². The highest BCUT2D eigenvalue weighted by Gasteiger charge is 2.39. The van der Waals surface area contributed by atoms with Gasteiger partial charge >= 0.3 is 5.97 Å². The maximum absolute atomic E-state index is 12.3. The second-order valence-corrected chi connectivity index (χ2v) is 9.09. The first kappa shape index (κ1) is 24.5. The lowest BCUT2D eigenvalue weighted by molar-refractivity contribution is -0.142. The third kappa shape index (κ3) is 6.10. The number of benzene rings is 2. The number of carboxylic acids is 1. The van der Waals surface area contributed by atoms with Gasteiger partial charge in [0.05, 0.1) is 18.2 Å². The number of hydrogen-bond donors (Lipinski definition) is 1. The summed E-state index contributed by atoms with van der Waals surface area (Å²) in [7, 11) is 0. The number of nitrogens with zero attached hydrogens (tertiary/aromatic N) is 2. The van der Waals surface area contributed by atoms with Crippen LogP contribution < -0.4 is 4.74 Å². The highest BCUT2D eigenvalue weighted by atomic mass is 16.5. The molecule has 2 atom stereocenters. The molecule has 1 aliphatic rings. The van der Waals surface area contributed by atoms with E-state index in [2.05, 4.69) is 4.98 Å². The number of carboxylic acid groups (broad SMARTS) is 1. The number of likely N-dealkylation sites (tertiary alicyclic amines) is 1. The minimum absolute atomic E-state index is 0.0388. The van der Waals surface area contributed by atoms with Crippen molar-refractivity contribution >= 4 is 11.9 Å². The Hall–Kier alpha value is -3.61. The Balaban J connectivity index is 1.35. The predicted molar refractivity (Wildman–Crippen MR) is 132 cm³/mol. The predicted octanol–water partition coefficient (Wildman–Crippen LogP) is 4.77. The number of rotatable bonds is 10. The third-order valence-electron chi connectivity index (χ3n) is 6.49. The van der Waals surface area contributed by atoms with Crippen LogP contribution in [0.4, 0.5) is 0 Å². The second kappa shape index (κ2) is 11.2. The number of ether oxygens (including phenoxy) is 1. The van der Waals surface area contributed by atoms with E-state index in [4.69, 9.17) is 9.15 Å². The van der Waals surface area contributed by atoms with Gasteiger partial charge in [-0.2, -0.15) is 0 Å². The van der Waals surface area contributed by atoms with Crippen LogP contribution in [0.15, 0.2) is 59.0 Å². The first-order valence-corrected chi connectivity index (χ1v) is 12.2. The molecule has 0 bridgehead atoms. The van der Waals surface area contributed by atoms with E-state index in [1.54, 1.807) is 4.90 Å². The van der Waals surface area contributed by atoms with Crippen LogP contribution in [0.25, 0.3) is 11.5 Å². The fraction of sp³-hybridized carbons (Fsp3) is 0.393. The van der Waals surface area contributed by atoms with Crippen molar-refractivity contribution in [2.24, 2.45) is 11.8 Å². The molecule has 1 N–H and O–H groups in total. The van der Waals surface area contributed by atoms with Gasteiger partial charge in [0, 0.05) is 31.5 Å². The lowest BCUT2D eigenvalue weighted by Crippen LogP contribution is -2.29. The van der Waals surface area contributed by atoms with Crippen LogP contribution in [0.1, 0.15) is 36.8 Å². The molecule has 4 rings (SSSR count). The van der Waals surface area contributed by atoms with Gasteiger partial charge in [-0.15, -0.1) is 0 Å². The van der Waals surface area contributed by atoms with Crippen LogP contribution in [-0.2, 0) is 22.4 Å². The number of carbonyl (C=O) groups is 2. The molecule has 1 fully saturated rings. The SMILES string of the molecule is CCCC(=O)N1C[C@@H](Cc2cccc(OCCc3nc(-c4ccccc4)oc3C)c2)[C@@H](C(=O)O)C1. The Morgan fingerprint density at radius 3 is 2.69 bits per heavy atom. The Morgan fingerprint density at radius 2 is 1.94 bits per heavy atom. The topological polar surface area (TPSA) is 92.9 Å². The second-order valence-electron chi connectivity index (χ2n) is 9.09. The Bertz CT molecular complexity index is 1160. The van der Waals surface area contributed by atoms with Gasteiger partial charge < -0.3 is 19.2 Å². The zero-order chi connectivity index (χ0) is 24.8. The summed E-state index contributed by atoms with van der Waals surface area (Å²) in [5, 5.41) is 9.69. The van der Waals surface area contributed by atoms with E-state index < -0.39 is 11.9 Å². The molecule has 0 aliphatic carbocycles. The van der Waals surface area contributed by atoms with E-state index in [0.717, 1.165) is 34.8 Å². The van der Waals surface area contributed by atoms with Gasteiger partial charge in [0.2, 0.25) is 11.8 Å². The summed E-state index contributed by atoms with van der Waals surface area (Å²) in [6.07, 6.45) is 2.43. The van der Waals surface area contributed by atoms with Crippen LogP contribution >= 0.6 is 0 Å². The number of aliphatic carboxylic acids is 1. The monoisotopic (exact) mass is 476 g/mol. The lowest BCUT2D eigenvalue weighted by atomic mass is 9.90. The van der Waals surface area contributed by atoms with Crippen molar-refractivity contribution in [1.29, 1.82) is 0 Å². The summed E-state index contributed by atoms with van der Waals surface area (Å²) in [5.41, 5.74) is 2.82. The zero-order valence-corrected chi connectivity index (χ0v) is 20.3. The van der Waals surface area contributed by atoms with E-state index in [0.29, 0.717) is 38.3 Å². The molecule has 3 aromatic rings. The van der Waals surface area contributed by atoms with Crippen LogP contribution in [-0.4, -0.2) is 46.6 Å². The van der Waals surface area contributed by atoms with Gasteiger partial charge in [-0.3, -0.25) is 9.59 Å². The number of oxazole rings is 1. The molecule has 1 amide bonds. The van der Waals surface area contributed by atoms with Crippen molar-refractivity contribution in [1.82, 2.24) is 9.88 Å². The molecule has 35 heavy (non-hydrogen) atoms. The van der Waals surface area contributed by atoms with Crippen molar-refractivity contribution in [3.63, 3.8) is 0 Å². The summed E-state index contributed by atoms with van der Waals surface area (Å²) in [6, 6.07) is 17.6. The quantitative estimate of drug-likeness (QED) is 0.453. The number of aryl methyl sites for hydroxylation is 1. The molecule has 0 radical (unpaired) electrons. The molecule has 0 unspecified atom stereocenters. The van der Waals surface area contributed by atoms with E-state index >= 15 is 0 Å². The van der Waals surface area contributed by atoms with E-state index in [1.807, 2.05) is 68.4 Å². The normalized spacial score (nSPS) is 17.5. The number of aromatic nitrogens is 1. The molecule has 2 aromatic carbocycles. The fourth-order valence-corrected chi connectivity index (χ4v) is 4.63. The van der Waals surface area contributed by atoms with Gasteiger partial charge in [0.25, 0.3) is 0 Å². The summed E-state index contributed by atoms with van der Waals surface area (Å²) in [4.78, 5) is 30.5. The first-order chi connectivity index (χ1) is 16.9.